The molecule has 7 nitrogen and oxygen atoms in total. The van der Waals surface area contributed by atoms with Gasteiger partial charge in [-0.1, -0.05) is 12.1 Å². The Morgan fingerprint density at radius 2 is 2.04 bits per heavy atom. The molecule has 0 saturated carbocycles. The van der Waals surface area contributed by atoms with Crippen LogP contribution in [0.5, 0.6) is 11.5 Å². The molecule has 0 amide bonds. The molecular formula is C15H11NO6S. The summed E-state index contributed by atoms with van der Waals surface area (Å²) in [5, 5.41) is 19.3. The molecule has 0 radical (unpaired) electrons. The number of aliphatic carboxylic acids is 1. The maximum absolute atomic E-state index is 11.4. The Balaban J connectivity index is 2.30. The topological polar surface area (TPSA) is 106 Å². The summed E-state index contributed by atoms with van der Waals surface area (Å²) in [6.45, 7) is -0.623. The van der Waals surface area contributed by atoms with Gasteiger partial charge in [0.2, 0.25) is 0 Å². The Morgan fingerprint density at radius 3 is 2.70 bits per heavy atom. The molecule has 0 unspecified atom stereocenters. The number of carbonyl (C=O) groups is 2. The third-order valence-corrected chi connectivity index (χ3v) is 4.43. The smallest absolute Gasteiger partial charge is 0.349 e. The van der Waals surface area contributed by atoms with Gasteiger partial charge in [0.15, 0.2) is 17.2 Å². The third-order valence-electron chi connectivity index (χ3n) is 3.22. The first-order chi connectivity index (χ1) is 11.0. The number of thiophene rings is 1. The van der Waals surface area contributed by atoms with Gasteiger partial charge >= 0.3 is 11.9 Å². The summed E-state index contributed by atoms with van der Waals surface area (Å²) in [5.74, 6) is -1.77. The fourth-order valence-electron chi connectivity index (χ4n) is 2.30. The Hall–Kier alpha value is -2.87. The zero-order valence-electron chi connectivity index (χ0n) is 11.9. The fourth-order valence-corrected chi connectivity index (χ4v) is 3.38. The maximum Gasteiger partial charge on any atom is 0.349 e. The standard InChI is InChI=1S/C15H11NO6S/c1-21-9-4-2-3-7-11(9)16-5-8-12(22-6-10(17)18)14(15(19)20)23-13(7)8/h2-5H,6H2,1H3,(H,17,18)(H,19,20). The van der Waals surface area contributed by atoms with Gasteiger partial charge in [-0.2, -0.15) is 0 Å². The van der Waals surface area contributed by atoms with Crippen molar-refractivity contribution >= 4 is 44.3 Å². The molecule has 23 heavy (non-hydrogen) atoms. The molecular weight excluding hydrogens is 322 g/mol. The van der Waals surface area contributed by atoms with Gasteiger partial charge in [-0.25, -0.2) is 9.59 Å². The van der Waals surface area contributed by atoms with E-state index in [-0.39, 0.29) is 10.6 Å². The van der Waals surface area contributed by atoms with E-state index in [4.69, 9.17) is 14.6 Å². The highest BCUT2D eigenvalue weighted by Gasteiger charge is 2.22. The van der Waals surface area contributed by atoms with Crippen LogP contribution in [0.2, 0.25) is 0 Å². The summed E-state index contributed by atoms with van der Waals surface area (Å²) >= 11 is 1.02. The Kier molecular flexibility index (Phi) is 3.75. The van der Waals surface area contributed by atoms with E-state index in [1.165, 1.54) is 13.3 Å². The van der Waals surface area contributed by atoms with Gasteiger partial charge in [0.1, 0.15) is 11.3 Å². The van der Waals surface area contributed by atoms with Gasteiger partial charge in [0.05, 0.1) is 17.2 Å². The van der Waals surface area contributed by atoms with Crippen LogP contribution in [-0.2, 0) is 4.79 Å². The number of fused-ring (bicyclic) bond motifs is 3. The van der Waals surface area contributed by atoms with E-state index in [1.54, 1.807) is 18.2 Å². The van der Waals surface area contributed by atoms with Gasteiger partial charge in [-0.15, -0.1) is 11.3 Å². The van der Waals surface area contributed by atoms with Crippen LogP contribution in [0, 0.1) is 0 Å². The van der Waals surface area contributed by atoms with Crippen molar-refractivity contribution in [3.63, 3.8) is 0 Å². The summed E-state index contributed by atoms with van der Waals surface area (Å²) in [6.07, 6.45) is 1.47. The molecule has 8 heteroatoms. The number of carboxylic acid groups (broad SMARTS) is 2. The van der Waals surface area contributed by atoms with Crippen molar-refractivity contribution in [2.24, 2.45) is 0 Å². The molecule has 2 heterocycles. The predicted octanol–water partition coefficient (Wildman–Crippen LogP) is 2.62. The van der Waals surface area contributed by atoms with Crippen molar-refractivity contribution in [1.29, 1.82) is 0 Å². The lowest BCUT2D eigenvalue weighted by atomic mass is 10.1. The van der Waals surface area contributed by atoms with Crippen molar-refractivity contribution in [3.8, 4) is 11.5 Å². The average Bonchev–Trinajstić information content (AvgIpc) is 2.91. The number of aromatic carboxylic acids is 1. The monoisotopic (exact) mass is 333 g/mol. The summed E-state index contributed by atoms with van der Waals surface area (Å²) in [6, 6.07) is 5.34. The van der Waals surface area contributed by atoms with Gasteiger partial charge in [-0.05, 0) is 6.07 Å². The normalized spacial score (nSPS) is 10.8. The van der Waals surface area contributed by atoms with E-state index in [9.17, 15) is 14.7 Å². The Morgan fingerprint density at radius 1 is 1.26 bits per heavy atom. The number of pyridine rings is 1. The van der Waals surface area contributed by atoms with Gasteiger partial charge in [0, 0.05) is 11.6 Å². The van der Waals surface area contributed by atoms with Crippen LogP contribution in [0.3, 0.4) is 0 Å². The number of rotatable bonds is 5. The molecule has 0 atom stereocenters. The third kappa shape index (κ3) is 2.53. The van der Waals surface area contributed by atoms with Gasteiger partial charge < -0.3 is 19.7 Å². The molecule has 0 spiro atoms. The molecule has 2 aromatic heterocycles. The average molecular weight is 333 g/mol. The van der Waals surface area contributed by atoms with E-state index in [2.05, 4.69) is 4.98 Å². The number of benzene rings is 1. The summed E-state index contributed by atoms with van der Waals surface area (Å²) in [4.78, 5) is 26.4. The maximum atomic E-state index is 11.4. The van der Waals surface area contributed by atoms with Gasteiger partial charge in [0.25, 0.3) is 0 Å². The van der Waals surface area contributed by atoms with Crippen LogP contribution in [0.1, 0.15) is 9.67 Å². The first-order valence-corrected chi connectivity index (χ1v) is 7.30. The number of hydrogen-bond acceptors (Lipinski definition) is 6. The van der Waals surface area contributed by atoms with Crippen molar-refractivity contribution in [2.45, 2.75) is 0 Å². The predicted molar refractivity (Wildman–Crippen MR) is 83.8 cm³/mol. The van der Waals surface area contributed by atoms with Gasteiger partial charge in [-0.3, -0.25) is 4.98 Å². The number of aromatic nitrogens is 1. The highest BCUT2D eigenvalue weighted by molar-refractivity contribution is 7.22. The fraction of sp³-hybridized carbons (Fsp3) is 0.133. The molecule has 0 fully saturated rings. The molecule has 1 aromatic carbocycles. The minimum Gasteiger partial charge on any atom is -0.494 e. The zero-order valence-corrected chi connectivity index (χ0v) is 12.7. The van der Waals surface area contributed by atoms with Crippen LogP contribution in [0.4, 0.5) is 0 Å². The first kappa shape index (κ1) is 15.0. The summed E-state index contributed by atoms with van der Waals surface area (Å²) in [5.41, 5.74) is 0.602. The zero-order chi connectivity index (χ0) is 16.6. The molecule has 0 bridgehead atoms. The van der Waals surface area contributed by atoms with E-state index < -0.39 is 18.5 Å². The van der Waals surface area contributed by atoms with E-state index in [0.717, 1.165) is 16.7 Å². The molecule has 0 aliphatic carbocycles. The Bertz CT molecular complexity index is 933. The van der Waals surface area contributed by atoms with Crippen LogP contribution >= 0.6 is 11.3 Å². The summed E-state index contributed by atoms with van der Waals surface area (Å²) < 4.78 is 11.1. The second kappa shape index (κ2) is 5.73. The Labute approximate surface area is 133 Å². The largest absolute Gasteiger partial charge is 0.494 e. The van der Waals surface area contributed by atoms with Crippen molar-refractivity contribution in [2.75, 3.05) is 13.7 Å². The minimum atomic E-state index is -1.18. The number of hydrogen-bond donors (Lipinski definition) is 2. The van der Waals surface area contributed by atoms with Crippen LogP contribution < -0.4 is 9.47 Å². The molecule has 3 rings (SSSR count). The highest BCUT2D eigenvalue weighted by Crippen LogP contribution is 2.42. The molecule has 118 valence electrons. The molecule has 2 N–H and O–H groups in total. The molecule has 0 aliphatic rings. The number of ether oxygens (including phenoxy) is 2. The lowest BCUT2D eigenvalue weighted by molar-refractivity contribution is -0.139. The number of methoxy groups -OCH3 is 1. The number of nitrogens with zero attached hydrogens (tertiary/aromatic N) is 1. The molecule has 3 aromatic rings. The quantitative estimate of drug-likeness (QED) is 0.739. The first-order valence-electron chi connectivity index (χ1n) is 6.49. The second-order valence-electron chi connectivity index (χ2n) is 4.61. The summed E-state index contributed by atoms with van der Waals surface area (Å²) in [7, 11) is 1.53. The van der Waals surface area contributed by atoms with Crippen LogP contribution in [0.15, 0.2) is 24.4 Å². The van der Waals surface area contributed by atoms with Crippen molar-refractivity contribution in [1.82, 2.24) is 4.98 Å². The number of para-hydroxylation sites is 1. The molecule has 0 aliphatic heterocycles. The lowest BCUT2D eigenvalue weighted by Gasteiger charge is -2.06. The van der Waals surface area contributed by atoms with E-state index >= 15 is 0 Å². The minimum absolute atomic E-state index is 0.0251. The van der Waals surface area contributed by atoms with Crippen molar-refractivity contribution < 1.29 is 29.3 Å². The van der Waals surface area contributed by atoms with Crippen LogP contribution in [-0.4, -0.2) is 40.9 Å². The lowest BCUT2D eigenvalue weighted by Crippen LogP contribution is -2.10. The van der Waals surface area contributed by atoms with Crippen molar-refractivity contribution in [3.05, 3.63) is 29.3 Å². The number of carboxylic acids is 2. The van der Waals surface area contributed by atoms with Crippen LogP contribution in [0.25, 0.3) is 21.0 Å². The second-order valence-corrected chi connectivity index (χ2v) is 5.63. The molecule has 0 saturated heterocycles. The SMILES string of the molecule is COc1cccc2c1ncc1c(OCC(=O)O)c(C(=O)O)sc12. The highest BCUT2D eigenvalue weighted by atomic mass is 32.1. The van der Waals surface area contributed by atoms with E-state index in [0.29, 0.717) is 21.4 Å². The van der Waals surface area contributed by atoms with E-state index in [1.807, 2.05) is 0 Å².